The van der Waals surface area contributed by atoms with E-state index in [9.17, 15) is 5.26 Å². The van der Waals surface area contributed by atoms with Crippen LogP contribution in [0.4, 0.5) is 0 Å². The Morgan fingerprint density at radius 1 is 1.35 bits per heavy atom. The van der Waals surface area contributed by atoms with Crippen molar-refractivity contribution in [2.75, 3.05) is 7.05 Å². The Labute approximate surface area is 120 Å². The SMILES string of the molecule is CCc1nccn1CCC(C#N)(NC)c1ccccc1. The Hall–Kier alpha value is -2.12. The fourth-order valence-electron chi connectivity index (χ4n) is 2.46. The van der Waals surface area contributed by atoms with Crippen molar-refractivity contribution in [2.45, 2.75) is 31.8 Å². The van der Waals surface area contributed by atoms with Gasteiger partial charge in [0.25, 0.3) is 0 Å². The van der Waals surface area contributed by atoms with Gasteiger partial charge in [0.05, 0.1) is 6.07 Å². The number of rotatable bonds is 6. The lowest BCUT2D eigenvalue weighted by atomic mass is 9.88. The lowest BCUT2D eigenvalue weighted by Crippen LogP contribution is -2.39. The minimum absolute atomic E-state index is 0.656. The van der Waals surface area contributed by atoms with Crippen LogP contribution in [0.1, 0.15) is 24.7 Å². The van der Waals surface area contributed by atoms with Crippen molar-refractivity contribution in [1.82, 2.24) is 14.9 Å². The molecule has 0 amide bonds. The lowest BCUT2D eigenvalue weighted by molar-refractivity contribution is 0.398. The number of aryl methyl sites for hydroxylation is 2. The number of nitrogens with one attached hydrogen (secondary N) is 1. The van der Waals surface area contributed by atoms with E-state index in [1.165, 1.54) is 0 Å². The van der Waals surface area contributed by atoms with Crippen molar-refractivity contribution in [1.29, 1.82) is 5.26 Å². The van der Waals surface area contributed by atoms with E-state index in [1.54, 1.807) is 0 Å². The summed E-state index contributed by atoms with van der Waals surface area (Å²) in [6.07, 6.45) is 5.39. The third-order valence-electron chi connectivity index (χ3n) is 3.73. The van der Waals surface area contributed by atoms with Crippen LogP contribution in [0, 0.1) is 11.3 Å². The molecule has 1 atom stereocenters. The molecule has 2 aromatic rings. The standard InChI is InChI=1S/C16H20N4/c1-3-15-19-10-12-20(15)11-9-16(13-17,18-2)14-7-5-4-6-8-14/h4-8,10,12,18H,3,9,11H2,1-2H3. The van der Waals surface area contributed by atoms with Crippen LogP contribution < -0.4 is 5.32 Å². The molecule has 2 rings (SSSR count). The number of imidazole rings is 1. The number of benzene rings is 1. The summed E-state index contributed by atoms with van der Waals surface area (Å²) >= 11 is 0. The molecule has 4 nitrogen and oxygen atoms in total. The molecule has 0 saturated carbocycles. The van der Waals surface area contributed by atoms with E-state index in [1.807, 2.05) is 49.8 Å². The monoisotopic (exact) mass is 268 g/mol. The molecular weight excluding hydrogens is 248 g/mol. The number of hydrogen-bond donors (Lipinski definition) is 1. The van der Waals surface area contributed by atoms with Gasteiger partial charge in [-0.05, 0) is 12.6 Å². The zero-order valence-corrected chi connectivity index (χ0v) is 12.0. The van der Waals surface area contributed by atoms with Crippen LogP contribution in [-0.2, 0) is 18.5 Å². The Morgan fingerprint density at radius 2 is 2.10 bits per heavy atom. The lowest BCUT2D eigenvalue weighted by Gasteiger charge is -2.27. The van der Waals surface area contributed by atoms with E-state index >= 15 is 0 Å². The van der Waals surface area contributed by atoms with E-state index in [0.717, 1.165) is 24.4 Å². The second-order valence-corrected chi connectivity index (χ2v) is 4.77. The largest absolute Gasteiger partial charge is 0.335 e. The Kier molecular flexibility index (Phi) is 4.54. The second kappa shape index (κ2) is 6.36. The summed E-state index contributed by atoms with van der Waals surface area (Å²) in [6.45, 7) is 2.86. The second-order valence-electron chi connectivity index (χ2n) is 4.77. The summed E-state index contributed by atoms with van der Waals surface area (Å²) in [7, 11) is 1.84. The quantitative estimate of drug-likeness (QED) is 0.875. The van der Waals surface area contributed by atoms with Crippen LogP contribution in [0.5, 0.6) is 0 Å². The number of aromatic nitrogens is 2. The molecule has 104 valence electrons. The molecule has 20 heavy (non-hydrogen) atoms. The Morgan fingerprint density at radius 3 is 2.70 bits per heavy atom. The van der Waals surface area contributed by atoms with Crippen molar-refractivity contribution >= 4 is 0 Å². The molecule has 0 aliphatic heterocycles. The molecule has 0 fully saturated rings. The van der Waals surface area contributed by atoms with E-state index in [4.69, 9.17) is 0 Å². The normalized spacial score (nSPS) is 13.7. The maximum Gasteiger partial charge on any atom is 0.133 e. The molecular formula is C16H20N4. The van der Waals surface area contributed by atoms with Crippen molar-refractivity contribution in [2.24, 2.45) is 0 Å². The van der Waals surface area contributed by atoms with Gasteiger partial charge >= 0.3 is 0 Å². The van der Waals surface area contributed by atoms with Crippen LogP contribution in [0.2, 0.25) is 0 Å². The minimum atomic E-state index is -0.656. The van der Waals surface area contributed by atoms with Crippen LogP contribution in [-0.4, -0.2) is 16.6 Å². The zero-order chi connectivity index (χ0) is 14.4. The average Bonchev–Trinajstić information content (AvgIpc) is 2.97. The highest BCUT2D eigenvalue weighted by Crippen LogP contribution is 2.25. The molecule has 1 N–H and O–H groups in total. The van der Waals surface area contributed by atoms with Gasteiger partial charge < -0.3 is 4.57 Å². The average molecular weight is 268 g/mol. The van der Waals surface area contributed by atoms with Gasteiger partial charge in [-0.3, -0.25) is 5.32 Å². The number of nitrogens with zero attached hydrogens (tertiary/aromatic N) is 3. The topological polar surface area (TPSA) is 53.6 Å². The first-order chi connectivity index (χ1) is 9.75. The fraction of sp³-hybridized carbons (Fsp3) is 0.375. The van der Waals surface area contributed by atoms with Crippen LogP contribution >= 0.6 is 0 Å². The predicted molar refractivity (Wildman–Crippen MR) is 79.0 cm³/mol. The molecule has 0 aliphatic carbocycles. The fourth-order valence-corrected chi connectivity index (χ4v) is 2.46. The predicted octanol–water partition coefficient (Wildman–Crippen LogP) is 2.47. The summed E-state index contributed by atoms with van der Waals surface area (Å²) in [6, 6.07) is 12.3. The molecule has 0 bridgehead atoms. The molecule has 0 spiro atoms. The first-order valence-electron chi connectivity index (χ1n) is 6.91. The van der Waals surface area contributed by atoms with Crippen LogP contribution in [0.3, 0.4) is 0 Å². The molecule has 0 radical (unpaired) electrons. The molecule has 4 heteroatoms. The highest BCUT2D eigenvalue weighted by Gasteiger charge is 2.30. The molecule has 1 unspecified atom stereocenters. The van der Waals surface area contributed by atoms with Gasteiger partial charge in [0.2, 0.25) is 0 Å². The van der Waals surface area contributed by atoms with Crippen LogP contribution in [0.15, 0.2) is 42.7 Å². The van der Waals surface area contributed by atoms with Crippen LogP contribution in [0.25, 0.3) is 0 Å². The zero-order valence-electron chi connectivity index (χ0n) is 12.0. The van der Waals surface area contributed by atoms with Crippen molar-refractivity contribution < 1.29 is 0 Å². The molecule has 1 aromatic carbocycles. The highest BCUT2D eigenvalue weighted by atomic mass is 15.1. The van der Waals surface area contributed by atoms with Crippen molar-refractivity contribution in [3.8, 4) is 6.07 Å². The van der Waals surface area contributed by atoms with Gasteiger partial charge in [-0.25, -0.2) is 4.98 Å². The summed E-state index contributed by atoms with van der Waals surface area (Å²) < 4.78 is 2.12. The maximum absolute atomic E-state index is 9.65. The van der Waals surface area contributed by atoms with Gasteiger partial charge in [-0.1, -0.05) is 37.3 Å². The number of hydrogen-bond acceptors (Lipinski definition) is 3. The molecule has 0 saturated heterocycles. The summed E-state index contributed by atoms with van der Waals surface area (Å²) in [5.74, 6) is 1.06. The summed E-state index contributed by atoms with van der Waals surface area (Å²) in [5.41, 5.74) is 0.347. The molecule has 1 aromatic heterocycles. The summed E-state index contributed by atoms with van der Waals surface area (Å²) in [5, 5.41) is 12.8. The maximum atomic E-state index is 9.65. The first kappa shape index (κ1) is 14.3. The molecule has 1 heterocycles. The van der Waals surface area contributed by atoms with Gasteiger partial charge in [0, 0.05) is 31.8 Å². The summed E-state index contributed by atoms with van der Waals surface area (Å²) in [4.78, 5) is 4.32. The van der Waals surface area contributed by atoms with Gasteiger partial charge in [-0.15, -0.1) is 0 Å². The molecule has 0 aliphatic rings. The van der Waals surface area contributed by atoms with Gasteiger partial charge in [0.1, 0.15) is 11.4 Å². The van der Waals surface area contributed by atoms with Gasteiger partial charge in [-0.2, -0.15) is 5.26 Å². The van der Waals surface area contributed by atoms with E-state index in [2.05, 4.69) is 27.9 Å². The minimum Gasteiger partial charge on any atom is -0.335 e. The smallest absolute Gasteiger partial charge is 0.133 e. The Bertz CT molecular complexity index is 582. The third kappa shape index (κ3) is 2.73. The van der Waals surface area contributed by atoms with E-state index in [-0.39, 0.29) is 0 Å². The number of nitriles is 1. The highest BCUT2D eigenvalue weighted by molar-refractivity contribution is 5.31. The van der Waals surface area contributed by atoms with E-state index < -0.39 is 5.54 Å². The Balaban J connectivity index is 2.21. The van der Waals surface area contributed by atoms with Crippen molar-refractivity contribution in [3.05, 3.63) is 54.1 Å². The third-order valence-corrected chi connectivity index (χ3v) is 3.73. The van der Waals surface area contributed by atoms with E-state index in [0.29, 0.717) is 6.42 Å². The van der Waals surface area contributed by atoms with Crippen molar-refractivity contribution in [3.63, 3.8) is 0 Å². The van der Waals surface area contributed by atoms with Gasteiger partial charge in [0.15, 0.2) is 0 Å². The first-order valence-corrected chi connectivity index (χ1v) is 6.91.